The van der Waals surface area contributed by atoms with Crippen molar-refractivity contribution in [2.24, 2.45) is 0 Å². The van der Waals surface area contributed by atoms with Crippen LogP contribution in [0.2, 0.25) is 0 Å². The fraction of sp³-hybridized carbons (Fsp3) is 0. The highest BCUT2D eigenvalue weighted by molar-refractivity contribution is 5.74. The first-order valence-electron chi connectivity index (χ1n) is 7.12. The molecule has 145 valence electrons. The minimum atomic E-state index is -2.43. The SMILES string of the molecule is Fc1c(F)c(F)c(-c2c[c]cc(-c3c(F)c(F)c(F)c(F)c3F)c2)c(F)c1F. The first kappa shape index (κ1) is 19.7. The van der Waals surface area contributed by atoms with Crippen LogP contribution in [0, 0.1) is 64.2 Å². The van der Waals surface area contributed by atoms with Gasteiger partial charge in [0.15, 0.2) is 46.5 Å². The van der Waals surface area contributed by atoms with E-state index in [4.69, 9.17) is 0 Å². The zero-order valence-electron chi connectivity index (χ0n) is 13.0. The molecule has 0 aromatic heterocycles. The fourth-order valence-electron chi connectivity index (χ4n) is 2.48. The molecule has 0 atom stereocenters. The number of rotatable bonds is 2. The van der Waals surface area contributed by atoms with Crippen LogP contribution in [0.4, 0.5) is 43.9 Å². The number of hydrogen-bond donors (Lipinski definition) is 0. The van der Waals surface area contributed by atoms with Crippen molar-refractivity contribution in [3.63, 3.8) is 0 Å². The first-order valence-corrected chi connectivity index (χ1v) is 7.12. The molecular formula is C18H3F10. The summed E-state index contributed by atoms with van der Waals surface area (Å²) in [6, 6.07) is 4.00. The Morgan fingerprint density at radius 3 is 0.929 bits per heavy atom. The summed E-state index contributed by atoms with van der Waals surface area (Å²) in [5.74, 6) is -23.0. The predicted molar refractivity (Wildman–Crippen MR) is 75.7 cm³/mol. The lowest BCUT2D eigenvalue weighted by Gasteiger charge is -2.12. The third-order valence-corrected chi connectivity index (χ3v) is 3.79. The van der Waals surface area contributed by atoms with Crippen LogP contribution in [-0.4, -0.2) is 0 Å². The van der Waals surface area contributed by atoms with Gasteiger partial charge in [-0.3, -0.25) is 0 Å². The van der Waals surface area contributed by atoms with E-state index in [0.29, 0.717) is 18.2 Å². The molecule has 0 saturated carbocycles. The van der Waals surface area contributed by atoms with Crippen molar-refractivity contribution in [2.75, 3.05) is 0 Å². The van der Waals surface area contributed by atoms with E-state index in [-0.39, 0.29) is 0 Å². The molecule has 0 saturated heterocycles. The van der Waals surface area contributed by atoms with E-state index in [0.717, 1.165) is 0 Å². The van der Waals surface area contributed by atoms with Gasteiger partial charge in [0.2, 0.25) is 11.6 Å². The van der Waals surface area contributed by atoms with Crippen molar-refractivity contribution >= 4 is 0 Å². The molecule has 0 amide bonds. The molecule has 0 aliphatic heterocycles. The summed E-state index contributed by atoms with van der Waals surface area (Å²) in [6.45, 7) is 0. The van der Waals surface area contributed by atoms with Gasteiger partial charge in [-0.15, -0.1) is 0 Å². The second-order valence-corrected chi connectivity index (χ2v) is 5.40. The molecule has 0 spiro atoms. The third kappa shape index (κ3) is 2.79. The van der Waals surface area contributed by atoms with Gasteiger partial charge in [0, 0.05) is 0 Å². The zero-order valence-corrected chi connectivity index (χ0v) is 13.0. The maximum Gasteiger partial charge on any atom is 0.200 e. The van der Waals surface area contributed by atoms with E-state index in [1.54, 1.807) is 0 Å². The molecule has 0 unspecified atom stereocenters. The normalized spacial score (nSPS) is 11.2. The second-order valence-electron chi connectivity index (χ2n) is 5.40. The summed E-state index contributed by atoms with van der Waals surface area (Å²) in [7, 11) is 0. The maximum atomic E-state index is 13.9. The molecule has 0 bridgehead atoms. The highest BCUT2D eigenvalue weighted by atomic mass is 19.2. The van der Waals surface area contributed by atoms with Crippen molar-refractivity contribution in [3.05, 3.63) is 82.4 Å². The van der Waals surface area contributed by atoms with E-state index in [1.807, 2.05) is 0 Å². The van der Waals surface area contributed by atoms with E-state index >= 15 is 0 Å². The molecule has 28 heavy (non-hydrogen) atoms. The van der Waals surface area contributed by atoms with Gasteiger partial charge in [0.25, 0.3) is 0 Å². The number of hydrogen-bond acceptors (Lipinski definition) is 0. The maximum absolute atomic E-state index is 13.9. The van der Waals surface area contributed by atoms with Crippen LogP contribution in [-0.2, 0) is 0 Å². The average molecular weight is 409 g/mol. The van der Waals surface area contributed by atoms with E-state index < -0.39 is 80.4 Å². The Bertz CT molecular complexity index is 977. The van der Waals surface area contributed by atoms with Gasteiger partial charge in [-0.05, 0) is 35.4 Å². The van der Waals surface area contributed by atoms with Gasteiger partial charge in [-0.25, -0.2) is 43.9 Å². The molecule has 3 rings (SSSR count). The lowest BCUT2D eigenvalue weighted by molar-refractivity contribution is 0.381. The Labute approximate surface area is 149 Å². The molecule has 0 fully saturated rings. The monoisotopic (exact) mass is 409 g/mol. The van der Waals surface area contributed by atoms with Crippen LogP contribution >= 0.6 is 0 Å². The molecule has 10 heteroatoms. The quantitative estimate of drug-likeness (QED) is 0.268. The highest BCUT2D eigenvalue weighted by Gasteiger charge is 2.29. The average Bonchev–Trinajstić information content (AvgIpc) is 2.68. The zero-order chi connectivity index (χ0) is 20.9. The molecule has 0 aliphatic rings. The fourth-order valence-corrected chi connectivity index (χ4v) is 2.48. The van der Waals surface area contributed by atoms with E-state index in [1.165, 1.54) is 0 Å². The number of halogens is 10. The summed E-state index contributed by atoms with van der Waals surface area (Å²) in [6.07, 6.45) is 0. The topological polar surface area (TPSA) is 0 Å². The lowest BCUT2D eigenvalue weighted by Crippen LogP contribution is -2.05. The lowest BCUT2D eigenvalue weighted by atomic mass is 9.97. The van der Waals surface area contributed by atoms with Crippen molar-refractivity contribution in [2.45, 2.75) is 0 Å². The van der Waals surface area contributed by atoms with Crippen LogP contribution in [0.3, 0.4) is 0 Å². The van der Waals surface area contributed by atoms with Gasteiger partial charge in [-0.2, -0.15) is 0 Å². The largest absolute Gasteiger partial charge is 0.203 e. The Morgan fingerprint density at radius 2 is 0.643 bits per heavy atom. The predicted octanol–water partition coefficient (Wildman–Crippen LogP) is 6.21. The van der Waals surface area contributed by atoms with Crippen molar-refractivity contribution in [3.8, 4) is 22.3 Å². The molecule has 0 N–H and O–H groups in total. The third-order valence-electron chi connectivity index (χ3n) is 3.79. The smallest absolute Gasteiger partial charge is 0.200 e. The van der Waals surface area contributed by atoms with E-state index in [2.05, 4.69) is 6.07 Å². The summed E-state index contributed by atoms with van der Waals surface area (Å²) >= 11 is 0. The van der Waals surface area contributed by atoms with Gasteiger partial charge in [0.1, 0.15) is 0 Å². The molecule has 0 heterocycles. The van der Waals surface area contributed by atoms with Crippen molar-refractivity contribution in [1.82, 2.24) is 0 Å². The van der Waals surface area contributed by atoms with Crippen LogP contribution < -0.4 is 0 Å². The van der Waals surface area contributed by atoms with Crippen LogP contribution in [0.1, 0.15) is 0 Å². The Hall–Kier alpha value is -3.04. The van der Waals surface area contributed by atoms with Crippen LogP contribution in [0.25, 0.3) is 22.3 Å². The van der Waals surface area contributed by atoms with Crippen molar-refractivity contribution in [1.29, 1.82) is 0 Å². The summed E-state index contributed by atoms with van der Waals surface area (Å²) in [5, 5.41) is 0. The van der Waals surface area contributed by atoms with Gasteiger partial charge < -0.3 is 0 Å². The van der Waals surface area contributed by atoms with Gasteiger partial charge in [-0.1, -0.05) is 0 Å². The Morgan fingerprint density at radius 1 is 0.393 bits per heavy atom. The summed E-state index contributed by atoms with van der Waals surface area (Å²) in [4.78, 5) is 0. The molecule has 3 aromatic carbocycles. The molecular weight excluding hydrogens is 406 g/mol. The van der Waals surface area contributed by atoms with Gasteiger partial charge >= 0.3 is 0 Å². The van der Waals surface area contributed by atoms with Crippen LogP contribution in [0.15, 0.2) is 18.2 Å². The minimum absolute atomic E-state index is 0.493. The molecule has 1 radical (unpaired) electrons. The van der Waals surface area contributed by atoms with Crippen LogP contribution in [0.5, 0.6) is 0 Å². The first-order chi connectivity index (χ1) is 13.1. The minimum Gasteiger partial charge on any atom is -0.203 e. The van der Waals surface area contributed by atoms with E-state index in [9.17, 15) is 43.9 Å². The number of benzene rings is 3. The second kappa shape index (κ2) is 6.84. The Kier molecular flexibility index (Phi) is 4.82. The summed E-state index contributed by atoms with van der Waals surface area (Å²) < 4.78 is 135. The summed E-state index contributed by atoms with van der Waals surface area (Å²) in [5.41, 5.74) is -4.51. The Balaban J connectivity index is 2.31. The molecule has 0 nitrogen and oxygen atoms in total. The highest BCUT2D eigenvalue weighted by Crippen LogP contribution is 2.36. The molecule has 3 aromatic rings. The van der Waals surface area contributed by atoms with Crippen molar-refractivity contribution < 1.29 is 43.9 Å². The molecule has 0 aliphatic carbocycles. The van der Waals surface area contributed by atoms with Gasteiger partial charge in [0.05, 0.1) is 11.1 Å². The standard InChI is InChI=1S/C18H3F10/c19-9-7(10(20)14(24)17(27)13(9)23)5-2-1-3-6(4-5)8-11(21)15(25)18(28)16(26)12(8)22/h2-4H.